The van der Waals surface area contributed by atoms with Crippen molar-refractivity contribution in [2.24, 2.45) is 0 Å². The minimum atomic E-state index is -1.80. The standard InChI is InChI=1S/C37H49N7O3Si/c1-24-30-22-40-36(42-34(30)44(29-10-8-9-11-29)35(46)33(24)25(2)45)41-31-14-13-28(21-38-31)27-16-18-43(19-17-27)32-15-12-26(20-39-32)23-47-48(6,7)37(3,4)5/h12-15,20-22,27,29H,8-11,16-19,23H2,1-7H3,(H,38,40,41,42). The summed E-state index contributed by atoms with van der Waals surface area (Å²) >= 11 is 0. The second kappa shape index (κ2) is 13.5. The molecule has 1 N–H and O–H groups in total. The van der Waals surface area contributed by atoms with Crippen LogP contribution in [-0.2, 0) is 11.0 Å². The van der Waals surface area contributed by atoms with Gasteiger partial charge in [-0.3, -0.25) is 14.2 Å². The minimum Gasteiger partial charge on any atom is -0.413 e. The van der Waals surface area contributed by atoms with E-state index in [4.69, 9.17) is 19.4 Å². The van der Waals surface area contributed by atoms with Gasteiger partial charge in [-0.15, -0.1) is 0 Å². The first-order valence-electron chi connectivity index (χ1n) is 17.3. The molecule has 1 saturated heterocycles. The highest BCUT2D eigenvalue weighted by atomic mass is 28.4. The molecule has 2 aliphatic rings. The topological polar surface area (TPSA) is 115 Å². The van der Waals surface area contributed by atoms with E-state index in [9.17, 15) is 9.59 Å². The van der Waals surface area contributed by atoms with Gasteiger partial charge >= 0.3 is 0 Å². The number of carbonyl (C=O) groups excluding carboxylic acids is 1. The number of rotatable bonds is 9. The van der Waals surface area contributed by atoms with Gasteiger partial charge in [-0.2, -0.15) is 4.98 Å². The maximum Gasteiger partial charge on any atom is 0.263 e. The van der Waals surface area contributed by atoms with E-state index >= 15 is 0 Å². The Kier molecular flexibility index (Phi) is 9.54. The zero-order chi connectivity index (χ0) is 34.2. The quantitative estimate of drug-likeness (QED) is 0.141. The molecule has 0 atom stereocenters. The zero-order valence-corrected chi connectivity index (χ0v) is 30.5. The SMILES string of the molecule is CC(=O)c1c(C)c2cnc(Nc3ccc(C4CCN(c5ccc(CO[Si](C)(C)C(C)(C)C)cn5)CC4)cn3)nc2n(C2CCCC2)c1=O. The maximum atomic E-state index is 13.5. The first-order valence-corrected chi connectivity index (χ1v) is 20.2. The van der Waals surface area contributed by atoms with Crippen molar-refractivity contribution in [1.29, 1.82) is 0 Å². The van der Waals surface area contributed by atoms with E-state index in [2.05, 4.69) is 67.3 Å². The predicted molar refractivity (Wildman–Crippen MR) is 194 cm³/mol. The summed E-state index contributed by atoms with van der Waals surface area (Å²) in [6.07, 6.45) is 11.6. The Labute approximate surface area is 284 Å². The molecule has 48 heavy (non-hydrogen) atoms. The van der Waals surface area contributed by atoms with Crippen LogP contribution in [-0.4, -0.2) is 51.7 Å². The van der Waals surface area contributed by atoms with Gasteiger partial charge in [0.15, 0.2) is 14.1 Å². The molecule has 0 unspecified atom stereocenters. The van der Waals surface area contributed by atoms with Gasteiger partial charge in [0, 0.05) is 43.1 Å². The van der Waals surface area contributed by atoms with Crippen LogP contribution in [0.4, 0.5) is 17.6 Å². The van der Waals surface area contributed by atoms with E-state index in [1.165, 1.54) is 12.5 Å². The number of pyridine rings is 3. The van der Waals surface area contributed by atoms with Gasteiger partial charge in [0.25, 0.3) is 5.56 Å². The van der Waals surface area contributed by atoms with Crippen LogP contribution >= 0.6 is 0 Å². The summed E-state index contributed by atoms with van der Waals surface area (Å²) < 4.78 is 8.11. The maximum absolute atomic E-state index is 13.5. The fourth-order valence-electron chi connectivity index (χ4n) is 6.76. The predicted octanol–water partition coefficient (Wildman–Crippen LogP) is 7.86. The third kappa shape index (κ3) is 6.93. The molecule has 0 radical (unpaired) electrons. The molecule has 0 bridgehead atoms. The lowest BCUT2D eigenvalue weighted by molar-refractivity contribution is 0.101. The van der Waals surface area contributed by atoms with Gasteiger partial charge in [-0.25, -0.2) is 15.0 Å². The smallest absolute Gasteiger partial charge is 0.263 e. The van der Waals surface area contributed by atoms with Crippen LogP contribution in [0.2, 0.25) is 18.1 Å². The van der Waals surface area contributed by atoms with Crippen molar-refractivity contribution in [3.05, 3.63) is 75.5 Å². The van der Waals surface area contributed by atoms with Gasteiger partial charge < -0.3 is 14.6 Å². The summed E-state index contributed by atoms with van der Waals surface area (Å²) in [4.78, 5) is 47.1. The molecular formula is C37H49N7O3Si. The molecule has 11 heteroatoms. The second-order valence-corrected chi connectivity index (χ2v) is 19.8. The minimum absolute atomic E-state index is 0.0346. The van der Waals surface area contributed by atoms with Crippen LogP contribution in [0.25, 0.3) is 11.0 Å². The van der Waals surface area contributed by atoms with Crippen molar-refractivity contribution in [1.82, 2.24) is 24.5 Å². The molecular weight excluding hydrogens is 619 g/mol. The lowest BCUT2D eigenvalue weighted by Gasteiger charge is -2.36. The second-order valence-electron chi connectivity index (χ2n) is 15.0. The number of anilines is 3. The molecule has 2 fully saturated rings. The molecule has 4 aromatic heterocycles. The average Bonchev–Trinajstić information content (AvgIpc) is 3.58. The number of carbonyl (C=O) groups is 1. The monoisotopic (exact) mass is 667 g/mol. The highest BCUT2D eigenvalue weighted by Gasteiger charge is 2.37. The number of Topliss-reactive ketones (excluding diaryl/α,β-unsaturated/α-hetero) is 1. The van der Waals surface area contributed by atoms with Gasteiger partial charge in [-0.05, 0) is 92.4 Å². The van der Waals surface area contributed by atoms with Crippen LogP contribution < -0.4 is 15.8 Å². The van der Waals surface area contributed by atoms with E-state index in [1.54, 1.807) is 17.7 Å². The van der Waals surface area contributed by atoms with Crippen LogP contribution in [0.3, 0.4) is 0 Å². The Morgan fingerprint density at radius 2 is 1.71 bits per heavy atom. The molecule has 10 nitrogen and oxygen atoms in total. The Morgan fingerprint density at radius 1 is 0.979 bits per heavy atom. The molecule has 4 aromatic rings. The Morgan fingerprint density at radius 3 is 2.31 bits per heavy atom. The lowest BCUT2D eigenvalue weighted by atomic mass is 9.90. The number of aryl methyl sites for hydroxylation is 1. The van der Waals surface area contributed by atoms with Crippen molar-refractivity contribution in [2.45, 2.75) is 110 Å². The van der Waals surface area contributed by atoms with E-state index < -0.39 is 8.32 Å². The molecule has 6 rings (SSSR count). The molecule has 5 heterocycles. The number of hydrogen-bond donors (Lipinski definition) is 1. The van der Waals surface area contributed by atoms with Gasteiger partial charge in [0.1, 0.15) is 17.3 Å². The van der Waals surface area contributed by atoms with E-state index in [1.807, 2.05) is 18.5 Å². The molecule has 0 amide bonds. The Balaban J connectivity index is 1.09. The highest BCUT2D eigenvalue weighted by Crippen LogP contribution is 2.37. The summed E-state index contributed by atoms with van der Waals surface area (Å²) in [6, 6.07) is 8.40. The summed E-state index contributed by atoms with van der Waals surface area (Å²) in [6.45, 7) is 17.1. The van der Waals surface area contributed by atoms with Crippen molar-refractivity contribution in [3.63, 3.8) is 0 Å². The van der Waals surface area contributed by atoms with Crippen molar-refractivity contribution < 1.29 is 9.22 Å². The molecule has 1 aliphatic heterocycles. The van der Waals surface area contributed by atoms with Crippen molar-refractivity contribution >= 4 is 42.7 Å². The molecule has 1 saturated carbocycles. The largest absolute Gasteiger partial charge is 0.413 e. The number of hydrogen-bond acceptors (Lipinski definition) is 9. The Hall–Kier alpha value is -3.96. The first kappa shape index (κ1) is 33.9. The van der Waals surface area contributed by atoms with E-state index in [0.717, 1.165) is 68.4 Å². The number of fused-ring (bicyclic) bond motifs is 1. The number of piperidine rings is 1. The molecule has 0 spiro atoms. The normalized spacial score (nSPS) is 16.5. The lowest BCUT2D eigenvalue weighted by Crippen LogP contribution is -2.40. The van der Waals surface area contributed by atoms with Crippen molar-refractivity contribution in [3.8, 4) is 0 Å². The van der Waals surface area contributed by atoms with Crippen LogP contribution in [0.5, 0.6) is 0 Å². The summed E-state index contributed by atoms with van der Waals surface area (Å²) in [5.74, 6) is 2.24. The molecule has 0 aromatic carbocycles. The number of aromatic nitrogens is 5. The third-order valence-electron chi connectivity index (χ3n) is 10.8. The van der Waals surface area contributed by atoms with Crippen molar-refractivity contribution in [2.75, 3.05) is 23.3 Å². The van der Waals surface area contributed by atoms with E-state index in [-0.39, 0.29) is 28.0 Å². The van der Waals surface area contributed by atoms with Crippen LogP contribution in [0, 0.1) is 6.92 Å². The van der Waals surface area contributed by atoms with Crippen LogP contribution in [0.1, 0.15) is 105 Å². The highest BCUT2D eigenvalue weighted by molar-refractivity contribution is 6.74. The van der Waals surface area contributed by atoms with Crippen LogP contribution in [0.15, 0.2) is 47.7 Å². The number of nitrogens with zero attached hydrogens (tertiary/aromatic N) is 6. The fourth-order valence-corrected chi connectivity index (χ4v) is 7.72. The third-order valence-corrected chi connectivity index (χ3v) is 15.3. The van der Waals surface area contributed by atoms with Gasteiger partial charge in [0.2, 0.25) is 5.95 Å². The summed E-state index contributed by atoms with van der Waals surface area (Å²) in [5.41, 5.74) is 3.52. The first-order chi connectivity index (χ1) is 22.8. The summed E-state index contributed by atoms with van der Waals surface area (Å²) in [7, 11) is -1.80. The average molecular weight is 668 g/mol. The number of nitrogens with one attached hydrogen (secondary N) is 1. The summed E-state index contributed by atoms with van der Waals surface area (Å²) in [5, 5.41) is 4.16. The fraction of sp³-hybridized carbons (Fsp3) is 0.514. The molecule has 1 aliphatic carbocycles. The molecule has 254 valence electrons. The van der Waals surface area contributed by atoms with E-state index in [0.29, 0.717) is 35.5 Å². The Bertz CT molecular complexity index is 1840. The number of ketones is 1. The van der Waals surface area contributed by atoms with Gasteiger partial charge in [0.05, 0.1) is 12.2 Å². The van der Waals surface area contributed by atoms with Gasteiger partial charge in [-0.1, -0.05) is 45.7 Å². The zero-order valence-electron chi connectivity index (χ0n) is 29.5.